The number of carbonyl (C=O) groups is 14. The normalized spacial score (nSPS) is 22.3. The van der Waals surface area contributed by atoms with Gasteiger partial charge in [-0.05, 0) is 155 Å². The van der Waals surface area contributed by atoms with Gasteiger partial charge in [0, 0.05) is 92.4 Å². The fourth-order valence-corrected chi connectivity index (χ4v) is 14.4. The van der Waals surface area contributed by atoms with Crippen molar-refractivity contribution in [1.82, 2.24) is 65.9 Å². The van der Waals surface area contributed by atoms with E-state index in [2.05, 4.69) is 42.2 Å². The van der Waals surface area contributed by atoms with Gasteiger partial charge in [-0.2, -0.15) is 13.2 Å². The zero-order valence-corrected chi connectivity index (χ0v) is 74.6. The lowest BCUT2D eigenvalue weighted by Crippen LogP contribution is -2.63. The summed E-state index contributed by atoms with van der Waals surface area (Å²) in [4.78, 5) is 215. The molecule has 31 nitrogen and oxygen atoms in total. The summed E-state index contributed by atoms with van der Waals surface area (Å²) in [7, 11) is 9.60. The number of aliphatic hydroxyl groups is 1. The largest absolute Gasteiger partial charge is 0.457 e. The molecule has 0 spiro atoms. The van der Waals surface area contributed by atoms with Gasteiger partial charge < -0.3 is 81.4 Å². The number of aliphatic hydroxyl groups excluding tert-OH is 1. The smallest absolute Gasteiger partial charge is 0.417 e. The first-order valence-corrected chi connectivity index (χ1v) is 41.4. The molecule has 0 aliphatic carbocycles. The molecule has 0 bridgehead atoms. The molecular weight excluding hydrogens is 1580 g/mol. The number of Topliss-reactive ketones (excluding diaryl/α,β-unsaturated/α-hetero) is 1. The molecule has 14 amide bonds. The molecule has 8 N–H and O–H groups in total. The van der Waals surface area contributed by atoms with Crippen molar-refractivity contribution in [3.63, 3.8) is 0 Å². The van der Waals surface area contributed by atoms with Gasteiger partial charge in [0.05, 0.1) is 23.2 Å². The van der Waals surface area contributed by atoms with Gasteiger partial charge in [-0.25, -0.2) is 4.79 Å². The van der Waals surface area contributed by atoms with Crippen LogP contribution in [0.3, 0.4) is 0 Å². The number of hydrogen-bond acceptors (Lipinski definition) is 17. The van der Waals surface area contributed by atoms with Crippen LogP contribution in [0.25, 0.3) is 0 Å². The molecule has 3 aromatic rings. The molecule has 1 aromatic heterocycles. The Labute approximate surface area is 709 Å². The number of anilines is 2. The second kappa shape index (κ2) is 46.7. The Morgan fingerprint density at radius 3 is 1.57 bits per heavy atom. The number of alkyl halides is 3. The Hall–Kier alpha value is -9.99. The molecule has 0 radical (unpaired) electrons. The number of halogens is 4. The van der Waals surface area contributed by atoms with Gasteiger partial charge in [0.25, 0.3) is 5.91 Å². The van der Waals surface area contributed by atoms with E-state index in [9.17, 15) is 66.2 Å². The number of hydrogen-bond donors (Lipinski definition) is 8. The number of likely N-dealkylation sites (N-methyl/N-ethyl adjacent to an activating group) is 7. The third kappa shape index (κ3) is 29.7. The SMILES string of the molecule is CC[C@@H]1NC(=O)[C@H]([C@H](O)[C@H](C)CCCC(=O)CCCNC(=O)c2cc(Oc3ccc(NC(=O)Nc4ccc(Cl)c(C(F)(F)F)c4)cc3)ccn2)N(C)C(=O)[C@H](C(C)C)N(C)C(=O)[C@H](CC(C)C)N(C)C(=O)[C@H](CC(C)C)N(C)C(=O)[C@@H](C)NC(=O)[C@H](C)NC(=O)[C@H](CC(C)C)N(C)C(=O)[C@H](C(C)C)NC(=O)[C@H](CC(C)C)N(C)C(=O)CN(C)C1=O. The molecule has 4 rings (SSSR count). The van der Waals surface area contributed by atoms with Gasteiger partial charge in [-0.15, -0.1) is 0 Å². The first-order chi connectivity index (χ1) is 55.8. The monoisotopic (exact) mass is 1710 g/mol. The highest BCUT2D eigenvalue weighted by molar-refractivity contribution is 6.31. The van der Waals surface area contributed by atoms with Crippen molar-refractivity contribution < 1.29 is 90.1 Å². The molecule has 1 aliphatic rings. The maximum Gasteiger partial charge on any atom is 0.417 e. The molecule has 0 saturated carbocycles. The molecule has 1 fully saturated rings. The van der Waals surface area contributed by atoms with Crippen LogP contribution in [0.4, 0.5) is 29.3 Å². The van der Waals surface area contributed by atoms with Crippen molar-refractivity contribution in [3.8, 4) is 11.5 Å². The van der Waals surface area contributed by atoms with Gasteiger partial charge >= 0.3 is 12.2 Å². The third-order valence-electron chi connectivity index (χ3n) is 21.2. The Morgan fingerprint density at radius 2 is 1.03 bits per heavy atom. The van der Waals surface area contributed by atoms with E-state index in [4.69, 9.17) is 16.3 Å². The van der Waals surface area contributed by atoms with E-state index in [1.54, 1.807) is 41.5 Å². The van der Waals surface area contributed by atoms with E-state index < -0.39 is 185 Å². The lowest BCUT2D eigenvalue weighted by Gasteiger charge is -2.41. The third-order valence-corrected chi connectivity index (χ3v) is 21.5. The number of nitrogens with one attached hydrogen (secondary N) is 7. The quantitative estimate of drug-likeness (QED) is 0.0348. The van der Waals surface area contributed by atoms with Crippen LogP contribution in [0.15, 0.2) is 60.8 Å². The zero-order valence-electron chi connectivity index (χ0n) is 73.8. The molecule has 2 aromatic carbocycles. The average Bonchev–Trinajstić information content (AvgIpc) is 0.801. The van der Waals surface area contributed by atoms with Gasteiger partial charge in [0.1, 0.15) is 83.4 Å². The molecule has 35 heteroatoms. The molecule has 12 atom stereocenters. The van der Waals surface area contributed by atoms with Gasteiger partial charge in [0.2, 0.25) is 65.0 Å². The summed E-state index contributed by atoms with van der Waals surface area (Å²) in [5.74, 6) is -11.4. The van der Waals surface area contributed by atoms with Crippen LogP contribution < -0.4 is 42.0 Å². The van der Waals surface area contributed by atoms with Crippen molar-refractivity contribution in [2.24, 2.45) is 41.4 Å². The molecular formula is C85H129ClF3N15O16. The number of urea groups is 1. The van der Waals surface area contributed by atoms with E-state index in [-0.39, 0.29) is 129 Å². The minimum Gasteiger partial charge on any atom is -0.457 e. The number of ketones is 1. The molecule has 1 saturated heterocycles. The summed E-state index contributed by atoms with van der Waals surface area (Å²) in [6.07, 6.45) is -4.27. The Bertz CT molecular complexity index is 4060. The van der Waals surface area contributed by atoms with Crippen LogP contribution >= 0.6 is 11.6 Å². The van der Waals surface area contributed by atoms with Crippen LogP contribution in [0, 0.1) is 41.4 Å². The predicted molar refractivity (Wildman–Crippen MR) is 449 cm³/mol. The number of ether oxygens (including phenoxy) is 1. The average molecular weight is 1710 g/mol. The van der Waals surface area contributed by atoms with E-state index in [0.717, 1.165) is 15.9 Å². The summed E-state index contributed by atoms with van der Waals surface area (Å²) >= 11 is 5.70. The fourth-order valence-electron chi connectivity index (χ4n) is 14.1. The minimum absolute atomic E-state index is 0.000972. The highest BCUT2D eigenvalue weighted by Gasteiger charge is 2.46. The first kappa shape index (κ1) is 102. The predicted octanol–water partition coefficient (Wildman–Crippen LogP) is 8.76. The fraction of sp³-hybridized carbons (Fsp3) is 0.635. The van der Waals surface area contributed by atoms with Crippen molar-refractivity contribution in [2.45, 2.75) is 248 Å². The van der Waals surface area contributed by atoms with Crippen LogP contribution in [-0.2, 0) is 63.7 Å². The van der Waals surface area contributed by atoms with Gasteiger partial charge in [-0.1, -0.05) is 109 Å². The van der Waals surface area contributed by atoms with Crippen LogP contribution in [0.2, 0.25) is 5.02 Å². The topological polar surface area (TPSA) is 388 Å². The Morgan fingerprint density at radius 1 is 0.542 bits per heavy atom. The number of rotatable bonds is 26. The highest BCUT2D eigenvalue weighted by Crippen LogP contribution is 2.37. The van der Waals surface area contributed by atoms with Gasteiger partial charge in [0.15, 0.2) is 0 Å². The summed E-state index contributed by atoms with van der Waals surface area (Å²) in [6, 6.07) is -2.29. The number of pyridine rings is 1. The minimum atomic E-state index is -4.74. The highest BCUT2D eigenvalue weighted by atomic mass is 35.5. The number of benzene rings is 2. The van der Waals surface area contributed by atoms with Crippen molar-refractivity contribution in [1.29, 1.82) is 0 Å². The van der Waals surface area contributed by atoms with E-state index >= 15 is 19.2 Å². The Kier molecular flexibility index (Phi) is 39.8. The van der Waals surface area contributed by atoms with Crippen molar-refractivity contribution in [2.75, 3.05) is 73.1 Å². The van der Waals surface area contributed by atoms with Gasteiger partial charge in [-0.3, -0.25) is 67.3 Å². The standard InChI is InChI=1S/C85H129ClF3N15O16/c1-24-62-79(114)98(17)45-68(106)99(18)64(39-46(2)3)76(111)97-69(50(10)11)82(117)100(19)65(40-47(4)5)75(110)92-53(15)73(108)93-54(16)78(113)101(20)66(41-48(6)7)80(115)102(21)67(42-49(8)9)81(116)103(22)70(51(12)13)83(118)104(23)71(77(112)96-62)72(107)52(14)27-25-28-57(105)29-26-37-91-74(109)63-44-59(36-38-90-63)120-58-33-30-55(31-34-58)94-84(119)95-56-32-35-61(86)60(43-56)85(87,88)89/h30-36,38,43-44,46-54,62,64-67,69-72,107H,24-29,37,39-42,45H2,1-23H3,(H,91,109)(H,92,110)(H,93,108)(H,96,112)(H,97,111)(H2,94,95,119)/t52-,53+,54-,62+,64+,65+,66+,67+,69+,70+,71+,72-/m1/s1. The number of amides is 14. The van der Waals surface area contributed by atoms with E-state index in [1.165, 1.54) is 136 Å². The van der Waals surface area contributed by atoms with E-state index in [1.807, 2.05) is 55.4 Å². The van der Waals surface area contributed by atoms with Crippen LogP contribution in [0.1, 0.15) is 191 Å². The second-order valence-corrected chi connectivity index (χ2v) is 34.3. The number of aromatic nitrogens is 1. The van der Waals surface area contributed by atoms with Crippen LogP contribution in [0.5, 0.6) is 11.5 Å². The molecule has 1 aliphatic heterocycles. The summed E-state index contributed by atoms with van der Waals surface area (Å²) in [5.41, 5.74) is -1.01. The van der Waals surface area contributed by atoms with Crippen LogP contribution in [-0.4, -0.2) is 256 Å². The maximum atomic E-state index is 15.6. The zero-order chi connectivity index (χ0) is 91.0. The molecule has 120 heavy (non-hydrogen) atoms. The Balaban J connectivity index is 1.66. The summed E-state index contributed by atoms with van der Waals surface area (Å²) in [6.45, 7) is 26.9. The van der Waals surface area contributed by atoms with Crippen molar-refractivity contribution in [3.05, 3.63) is 77.1 Å². The molecule has 2 heterocycles. The second-order valence-electron chi connectivity index (χ2n) is 33.9. The maximum absolute atomic E-state index is 15.6. The molecule has 668 valence electrons. The summed E-state index contributed by atoms with van der Waals surface area (Å²) < 4.78 is 46.0. The number of nitrogens with zero attached hydrogens (tertiary/aromatic N) is 8. The lowest BCUT2D eigenvalue weighted by molar-refractivity contribution is -0.157. The summed E-state index contributed by atoms with van der Waals surface area (Å²) in [5, 5.41) is 30.6. The van der Waals surface area contributed by atoms with E-state index in [0.29, 0.717) is 6.07 Å². The van der Waals surface area contributed by atoms with Crippen molar-refractivity contribution >= 4 is 106 Å². The molecule has 0 unspecified atom stereocenters. The first-order valence-electron chi connectivity index (χ1n) is 41.1. The number of carbonyl (C=O) groups excluding carboxylic acids is 14. The lowest BCUT2D eigenvalue weighted by atomic mass is 9.89.